The largest absolute Gasteiger partial charge is 0.398 e. The van der Waals surface area contributed by atoms with Gasteiger partial charge in [-0.15, -0.1) is 0 Å². The average Bonchev–Trinajstić information content (AvgIpc) is 1.69. The molecule has 0 aliphatic carbocycles. The van der Waals surface area contributed by atoms with Gasteiger partial charge in [-0.2, -0.15) is 15.3 Å². The van der Waals surface area contributed by atoms with Gasteiger partial charge in [0.25, 0.3) is 17.8 Å². The van der Waals surface area contributed by atoms with Gasteiger partial charge in [-0.3, -0.25) is 0 Å². The monoisotopic (exact) mass is 1330 g/mol. The third-order valence-corrected chi connectivity index (χ3v) is 16.2. The standard InChI is InChI=1S/C26H21F2N5O.C26H20F2N4O.C24H17F2N5O/c1-26(27,28)18-7-4-6-17(14-18)15-22-20-11-12-23(32(2)3)21(25(20)34-31-22)10-9-19-16-29-24-8-5-13-30-33(19)24;1-3-17-12-19(9-10-21-16-29-24-8-5-11-30-32(21)24)25-22(14-17)23(31-33-25)15-18-6-4-7-20(13-18)26(2,27)28;1-24(25,26)16-5-2-4-15(12-16)13-21-19-9-10-20(27)18(23(19)32-30-21)8-7-17-14-28-22-6-3-11-29-31(17)22/h4-8,11-14,16H,15H2,1-3H3;4-8,11-14,16H,3,15H2,1-2H3;2-6,9-12,14H,13,27H2,1H3. The normalized spacial score (nSPS) is 11.6. The number of fused-ring (bicyclic) bond motifs is 6. The van der Waals surface area contributed by atoms with E-state index in [0.29, 0.717) is 109 Å². The van der Waals surface area contributed by atoms with Crippen LogP contribution in [0.5, 0.6) is 0 Å². The molecule has 0 saturated heterocycles. The molecule has 0 amide bonds. The molecule has 0 aliphatic heterocycles. The first-order valence-corrected chi connectivity index (χ1v) is 31.1. The van der Waals surface area contributed by atoms with Crippen LogP contribution in [0.1, 0.15) is 117 Å². The number of nitrogens with zero attached hydrogens (tertiary/aromatic N) is 13. The molecule has 0 radical (unpaired) electrons. The molecule has 0 spiro atoms. The Kier molecular flexibility index (Phi) is 17.7. The summed E-state index contributed by atoms with van der Waals surface area (Å²) in [6.07, 6.45) is 11.9. The van der Waals surface area contributed by atoms with Crippen molar-refractivity contribution in [2.24, 2.45) is 0 Å². The second kappa shape index (κ2) is 26.9. The fourth-order valence-electron chi connectivity index (χ4n) is 11.1. The zero-order valence-electron chi connectivity index (χ0n) is 54.0. The van der Waals surface area contributed by atoms with E-state index in [2.05, 4.69) is 88.2 Å². The van der Waals surface area contributed by atoms with E-state index in [1.807, 2.05) is 85.7 Å². The molecule has 0 atom stereocenters. The van der Waals surface area contributed by atoms with E-state index in [0.717, 1.165) is 71.4 Å². The number of imidazole rings is 3. The van der Waals surface area contributed by atoms with Gasteiger partial charge in [-0.1, -0.05) is 94.8 Å². The minimum atomic E-state index is -2.91. The summed E-state index contributed by atoms with van der Waals surface area (Å²) in [5.74, 6) is 10.0. The number of nitrogens with two attached hydrogens (primary N) is 1. The lowest BCUT2D eigenvalue weighted by atomic mass is 9.99. The van der Waals surface area contributed by atoms with E-state index in [1.165, 1.54) is 36.4 Å². The van der Waals surface area contributed by atoms with Gasteiger partial charge in [0.1, 0.15) is 17.1 Å². The lowest BCUT2D eigenvalue weighted by molar-refractivity contribution is 0.0167. The fourth-order valence-corrected chi connectivity index (χ4v) is 11.1. The number of alkyl halides is 6. The van der Waals surface area contributed by atoms with Gasteiger partial charge in [0.15, 0.2) is 33.7 Å². The van der Waals surface area contributed by atoms with Crippen LogP contribution in [0.2, 0.25) is 0 Å². The number of aromatic nitrogens is 12. The Morgan fingerprint density at radius 1 is 0.434 bits per heavy atom. The van der Waals surface area contributed by atoms with Crippen LogP contribution in [0.25, 0.3) is 49.8 Å². The third-order valence-electron chi connectivity index (χ3n) is 16.2. The van der Waals surface area contributed by atoms with Crippen molar-refractivity contribution >= 4 is 61.2 Å². The molecule has 0 aliphatic rings. The zero-order chi connectivity index (χ0) is 69.2. The summed E-state index contributed by atoms with van der Waals surface area (Å²) in [5, 5.41) is 27.9. The topological polar surface area (TPSA) is 198 Å². The minimum absolute atomic E-state index is 0.0183. The van der Waals surface area contributed by atoms with Crippen molar-refractivity contribution in [3.05, 3.63) is 273 Å². The van der Waals surface area contributed by atoms with Crippen molar-refractivity contribution < 1.29 is 39.9 Å². The Morgan fingerprint density at radius 3 is 1.27 bits per heavy atom. The molecule has 15 aromatic rings. The van der Waals surface area contributed by atoms with Crippen molar-refractivity contribution in [2.75, 3.05) is 24.7 Å². The maximum absolute atomic E-state index is 13.8. The Morgan fingerprint density at radius 2 is 0.838 bits per heavy atom. The SMILES string of the molecule is CC(F)(F)c1cccc(Cc2noc3c(C#Cc4cnc5cccnn45)c(N)ccc23)c1.CCc1cc(C#Cc2cnc3cccnn23)c2onc(Cc3cccc(C(C)(F)F)c3)c2c1.CN(C)c1ccc2c(Cc3cccc(C(C)(F)F)c3)noc2c1C#Cc1cnc2cccnn12. The van der Waals surface area contributed by atoms with Crippen LogP contribution in [0.4, 0.5) is 37.7 Å². The summed E-state index contributed by atoms with van der Waals surface area (Å²) in [5.41, 5.74) is 20.1. The molecule has 0 saturated carbocycles. The van der Waals surface area contributed by atoms with Gasteiger partial charge >= 0.3 is 0 Å². The highest BCUT2D eigenvalue weighted by Crippen LogP contribution is 2.35. The van der Waals surface area contributed by atoms with Crippen molar-refractivity contribution in [3.63, 3.8) is 0 Å². The Hall–Kier alpha value is -12.6. The minimum Gasteiger partial charge on any atom is -0.398 e. The van der Waals surface area contributed by atoms with E-state index in [-0.39, 0.29) is 16.7 Å². The Bertz CT molecular complexity index is 5730. The van der Waals surface area contributed by atoms with Crippen molar-refractivity contribution in [1.82, 2.24) is 59.3 Å². The van der Waals surface area contributed by atoms with Gasteiger partial charge in [-0.25, -0.2) is 54.8 Å². The first-order chi connectivity index (χ1) is 47.6. The lowest BCUT2D eigenvalue weighted by Gasteiger charge is -2.14. The van der Waals surface area contributed by atoms with E-state index in [9.17, 15) is 26.3 Å². The van der Waals surface area contributed by atoms with Crippen LogP contribution in [-0.2, 0) is 43.5 Å². The number of halogens is 6. The third kappa shape index (κ3) is 14.1. The molecule has 2 N–H and O–H groups in total. The molecule has 0 bridgehead atoms. The molecule has 0 fully saturated rings. The summed E-state index contributed by atoms with van der Waals surface area (Å²) >= 11 is 0. The first-order valence-electron chi connectivity index (χ1n) is 31.1. The average molecular weight is 1330 g/mol. The highest BCUT2D eigenvalue weighted by molar-refractivity contribution is 5.92. The van der Waals surface area contributed by atoms with Crippen LogP contribution in [0.15, 0.2) is 196 Å². The van der Waals surface area contributed by atoms with Gasteiger partial charge in [0.2, 0.25) is 0 Å². The summed E-state index contributed by atoms with van der Waals surface area (Å²) in [7, 11) is 3.85. The van der Waals surface area contributed by atoms with Gasteiger partial charge < -0.3 is 24.2 Å². The highest BCUT2D eigenvalue weighted by atomic mass is 19.3. The maximum Gasteiger partial charge on any atom is 0.270 e. The molecule has 99 heavy (non-hydrogen) atoms. The number of hydrogen-bond acceptors (Lipinski definition) is 14. The molecule has 492 valence electrons. The number of aryl methyl sites for hydroxylation is 1. The van der Waals surface area contributed by atoms with E-state index in [4.69, 9.17) is 19.3 Å². The van der Waals surface area contributed by atoms with E-state index >= 15 is 0 Å². The van der Waals surface area contributed by atoms with Crippen LogP contribution >= 0.6 is 0 Å². The van der Waals surface area contributed by atoms with Crippen molar-refractivity contribution in [1.29, 1.82) is 0 Å². The number of benzene rings is 6. The number of rotatable bonds is 11. The second-order valence-electron chi connectivity index (χ2n) is 23.8. The molecule has 17 nitrogen and oxygen atoms in total. The molecule has 15 rings (SSSR count). The van der Waals surface area contributed by atoms with Crippen LogP contribution in [0, 0.1) is 35.5 Å². The van der Waals surface area contributed by atoms with Gasteiger partial charge in [0, 0.05) is 106 Å². The zero-order valence-corrected chi connectivity index (χ0v) is 54.0. The summed E-state index contributed by atoms with van der Waals surface area (Å²) in [4.78, 5) is 14.9. The molecular formula is C76H58F6N14O3. The number of anilines is 2. The highest BCUT2D eigenvalue weighted by Gasteiger charge is 2.28. The van der Waals surface area contributed by atoms with E-state index < -0.39 is 17.8 Å². The molecule has 6 aromatic carbocycles. The first kappa shape index (κ1) is 65.1. The molecule has 0 unspecified atom stereocenters. The second-order valence-corrected chi connectivity index (χ2v) is 23.8. The molecule has 9 aromatic heterocycles. The molecule has 9 heterocycles. The number of hydrogen-bond donors (Lipinski definition) is 1. The maximum atomic E-state index is 13.8. The van der Waals surface area contributed by atoms with Gasteiger partial charge in [0.05, 0.1) is 63.7 Å². The summed E-state index contributed by atoms with van der Waals surface area (Å²) < 4.78 is 104. The van der Waals surface area contributed by atoms with Gasteiger partial charge in [-0.05, 0) is 137 Å². The van der Waals surface area contributed by atoms with Crippen LogP contribution in [0.3, 0.4) is 0 Å². The summed E-state index contributed by atoms with van der Waals surface area (Å²) in [6, 6.07) is 41.5. The number of nitrogen functional groups attached to an aromatic ring is 1. The predicted octanol–water partition coefficient (Wildman–Crippen LogP) is 15.1. The quantitative estimate of drug-likeness (QED) is 0.0729. The predicted molar refractivity (Wildman–Crippen MR) is 363 cm³/mol. The fraction of sp³-hybridized carbons (Fsp3) is 0.171. The summed E-state index contributed by atoms with van der Waals surface area (Å²) in [6.45, 7) is 4.73. The molecule has 23 heteroatoms. The Balaban J connectivity index is 0.000000133. The van der Waals surface area contributed by atoms with Crippen LogP contribution in [-0.4, -0.2) is 73.4 Å². The Labute approximate surface area is 561 Å². The van der Waals surface area contributed by atoms with Crippen molar-refractivity contribution in [2.45, 2.75) is 71.1 Å². The molecular weight excluding hydrogens is 1270 g/mol. The van der Waals surface area contributed by atoms with E-state index in [1.54, 1.807) is 93.2 Å². The lowest BCUT2D eigenvalue weighted by Crippen LogP contribution is -2.10. The van der Waals surface area contributed by atoms with Crippen molar-refractivity contribution in [3.8, 4) is 35.5 Å². The smallest absolute Gasteiger partial charge is 0.270 e. The van der Waals surface area contributed by atoms with Crippen LogP contribution < -0.4 is 10.6 Å².